The summed E-state index contributed by atoms with van der Waals surface area (Å²) in [5.74, 6) is 0.370. The number of hydrogen-bond acceptors (Lipinski definition) is 2. The van der Waals surface area contributed by atoms with Crippen molar-refractivity contribution >= 4 is 40.6 Å². The van der Waals surface area contributed by atoms with Crippen LogP contribution < -0.4 is 5.73 Å². The number of rotatable bonds is 1. The van der Waals surface area contributed by atoms with Gasteiger partial charge in [-0.2, -0.15) is 5.10 Å². The van der Waals surface area contributed by atoms with Gasteiger partial charge in [-0.25, -0.2) is 4.68 Å². The molecule has 0 atom stereocenters. The lowest BCUT2D eigenvalue weighted by Crippen LogP contribution is -2.01. The van der Waals surface area contributed by atoms with E-state index in [9.17, 15) is 0 Å². The Morgan fingerprint density at radius 1 is 1.07 bits per heavy atom. The fourth-order valence-corrected chi connectivity index (χ4v) is 1.58. The Bertz CT molecular complexity index is 507. The fourth-order valence-electron chi connectivity index (χ4n) is 1.16. The fraction of sp³-hybridized carbons (Fsp3) is 0. The Balaban J connectivity index is 2.55. The number of nitrogens with zero attached hydrogens (tertiary/aromatic N) is 2. The van der Waals surface area contributed by atoms with Crippen molar-refractivity contribution in [2.45, 2.75) is 0 Å². The first-order chi connectivity index (χ1) is 7.09. The molecule has 2 N–H and O–H groups in total. The van der Waals surface area contributed by atoms with Gasteiger partial charge in [0.1, 0.15) is 10.8 Å². The zero-order valence-electron chi connectivity index (χ0n) is 7.42. The maximum absolute atomic E-state index is 5.88. The zero-order valence-corrected chi connectivity index (χ0v) is 9.68. The van der Waals surface area contributed by atoms with Crippen LogP contribution in [0.15, 0.2) is 24.4 Å². The second kappa shape index (κ2) is 3.93. The van der Waals surface area contributed by atoms with Crippen molar-refractivity contribution in [2.75, 3.05) is 5.73 Å². The molecule has 78 valence electrons. The summed E-state index contributed by atoms with van der Waals surface area (Å²) in [6.07, 6.45) is 1.47. The average molecular weight is 263 g/mol. The Morgan fingerprint density at radius 2 is 1.80 bits per heavy atom. The monoisotopic (exact) mass is 261 g/mol. The molecule has 0 amide bonds. The molecule has 1 heterocycles. The van der Waals surface area contributed by atoms with Crippen molar-refractivity contribution < 1.29 is 0 Å². The van der Waals surface area contributed by atoms with Gasteiger partial charge in [0.15, 0.2) is 0 Å². The van der Waals surface area contributed by atoms with Gasteiger partial charge < -0.3 is 5.73 Å². The summed E-state index contributed by atoms with van der Waals surface area (Å²) in [5, 5.41) is 5.35. The van der Waals surface area contributed by atoms with Crippen LogP contribution in [0.4, 0.5) is 5.82 Å². The smallest absolute Gasteiger partial charge is 0.146 e. The number of nitrogens with two attached hydrogens (primary N) is 1. The molecule has 0 aliphatic rings. The van der Waals surface area contributed by atoms with Crippen molar-refractivity contribution in [3.05, 3.63) is 39.5 Å². The maximum Gasteiger partial charge on any atom is 0.146 e. The maximum atomic E-state index is 5.88. The summed E-state index contributed by atoms with van der Waals surface area (Å²) in [4.78, 5) is 0. The first-order valence-electron chi connectivity index (χ1n) is 4.04. The van der Waals surface area contributed by atoms with Crippen LogP contribution in [-0.2, 0) is 0 Å². The number of aromatic nitrogens is 2. The van der Waals surface area contributed by atoms with Crippen LogP contribution in [0.3, 0.4) is 0 Å². The van der Waals surface area contributed by atoms with Crippen molar-refractivity contribution in [1.82, 2.24) is 9.78 Å². The largest absolute Gasteiger partial charge is 0.382 e. The third-order valence-electron chi connectivity index (χ3n) is 1.91. The highest BCUT2D eigenvalue weighted by molar-refractivity contribution is 6.42. The lowest BCUT2D eigenvalue weighted by Gasteiger charge is -2.05. The van der Waals surface area contributed by atoms with Crippen molar-refractivity contribution in [1.29, 1.82) is 0 Å². The predicted octanol–water partition coefficient (Wildman–Crippen LogP) is 3.41. The minimum atomic E-state index is 0.370. The molecule has 0 spiro atoms. The average Bonchev–Trinajstić information content (AvgIpc) is 2.53. The lowest BCUT2D eigenvalue weighted by molar-refractivity contribution is 0.891. The van der Waals surface area contributed by atoms with Gasteiger partial charge in [-0.15, -0.1) is 0 Å². The van der Waals surface area contributed by atoms with E-state index in [1.807, 2.05) is 0 Å². The molecule has 15 heavy (non-hydrogen) atoms. The third kappa shape index (κ3) is 1.91. The standard InChI is InChI=1S/C9H6Cl3N3/c10-6-2-1-5(3-7(6)11)15-9(13)8(12)4-14-15/h1-4H,13H2. The van der Waals surface area contributed by atoms with Crippen LogP contribution in [0, 0.1) is 0 Å². The second-order valence-corrected chi connectivity index (χ2v) is 4.11. The number of anilines is 1. The van der Waals surface area contributed by atoms with E-state index in [1.165, 1.54) is 10.9 Å². The van der Waals surface area contributed by atoms with Crippen LogP contribution in [-0.4, -0.2) is 9.78 Å². The third-order valence-corrected chi connectivity index (χ3v) is 2.94. The quantitative estimate of drug-likeness (QED) is 0.856. The van der Waals surface area contributed by atoms with Crippen LogP contribution in [0.25, 0.3) is 5.69 Å². The molecule has 0 saturated carbocycles. The summed E-state index contributed by atoms with van der Waals surface area (Å²) in [6.45, 7) is 0. The minimum Gasteiger partial charge on any atom is -0.382 e. The Labute approximate surface area is 101 Å². The van der Waals surface area contributed by atoms with Crippen LogP contribution in [0.1, 0.15) is 0 Å². The van der Waals surface area contributed by atoms with E-state index in [-0.39, 0.29) is 0 Å². The Kier molecular flexibility index (Phi) is 2.78. The number of nitrogen functional groups attached to an aromatic ring is 1. The minimum absolute atomic E-state index is 0.370. The summed E-state index contributed by atoms with van der Waals surface area (Å²) in [6, 6.07) is 5.10. The van der Waals surface area contributed by atoms with E-state index in [2.05, 4.69) is 5.10 Å². The first kappa shape index (κ1) is 10.6. The van der Waals surface area contributed by atoms with Gasteiger partial charge in [-0.05, 0) is 18.2 Å². The van der Waals surface area contributed by atoms with Gasteiger partial charge in [0.25, 0.3) is 0 Å². The summed E-state index contributed by atoms with van der Waals surface area (Å²) in [7, 11) is 0. The second-order valence-electron chi connectivity index (χ2n) is 2.89. The van der Waals surface area contributed by atoms with Crippen LogP contribution in [0.2, 0.25) is 15.1 Å². The molecular weight excluding hydrogens is 256 g/mol. The highest BCUT2D eigenvalue weighted by Crippen LogP contribution is 2.27. The number of halogens is 3. The van der Waals surface area contributed by atoms with E-state index < -0.39 is 0 Å². The molecule has 2 aromatic rings. The van der Waals surface area contributed by atoms with Crippen molar-refractivity contribution in [3.63, 3.8) is 0 Å². The van der Waals surface area contributed by atoms with Gasteiger partial charge in [0.05, 0.1) is 21.9 Å². The molecule has 3 nitrogen and oxygen atoms in total. The molecule has 0 bridgehead atoms. The van der Waals surface area contributed by atoms with E-state index in [0.29, 0.717) is 26.6 Å². The van der Waals surface area contributed by atoms with Gasteiger partial charge in [-0.1, -0.05) is 34.8 Å². The predicted molar refractivity (Wildman–Crippen MR) is 63.0 cm³/mol. The van der Waals surface area contributed by atoms with Crippen molar-refractivity contribution in [2.24, 2.45) is 0 Å². The van der Waals surface area contributed by atoms with Gasteiger partial charge >= 0.3 is 0 Å². The van der Waals surface area contributed by atoms with Gasteiger partial charge in [0, 0.05) is 0 Å². The molecule has 0 unspecified atom stereocenters. The molecule has 1 aromatic heterocycles. The Morgan fingerprint density at radius 3 is 2.33 bits per heavy atom. The van der Waals surface area contributed by atoms with Gasteiger partial charge in [0.2, 0.25) is 0 Å². The molecule has 2 rings (SSSR count). The molecule has 0 fully saturated rings. The molecule has 0 radical (unpaired) electrons. The molecule has 6 heteroatoms. The first-order valence-corrected chi connectivity index (χ1v) is 5.17. The van der Waals surface area contributed by atoms with E-state index in [1.54, 1.807) is 18.2 Å². The highest BCUT2D eigenvalue weighted by Gasteiger charge is 2.08. The topological polar surface area (TPSA) is 43.8 Å². The summed E-state index contributed by atoms with van der Waals surface area (Å²) >= 11 is 17.5. The van der Waals surface area contributed by atoms with E-state index in [4.69, 9.17) is 40.5 Å². The number of benzene rings is 1. The van der Waals surface area contributed by atoms with E-state index in [0.717, 1.165) is 0 Å². The van der Waals surface area contributed by atoms with Gasteiger partial charge in [-0.3, -0.25) is 0 Å². The molecule has 0 aliphatic heterocycles. The van der Waals surface area contributed by atoms with Crippen molar-refractivity contribution in [3.8, 4) is 5.69 Å². The van der Waals surface area contributed by atoms with E-state index >= 15 is 0 Å². The zero-order chi connectivity index (χ0) is 11.0. The Hall–Kier alpha value is -0.900. The molecular formula is C9H6Cl3N3. The molecule has 0 aliphatic carbocycles. The normalized spacial score (nSPS) is 10.6. The molecule has 0 saturated heterocycles. The lowest BCUT2D eigenvalue weighted by atomic mass is 10.3. The van der Waals surface area contributed by atoms with Crippen LogP contribution in [0.5, 0.6) is 0 Å². The highest BCUT2D eigenvalue weighted by atomic mass is 35.5. The molecule has 1 aromatic carbocycles. The number of hydrogen-bond donors (Lipinski definition) is 1. The summed E-state index contributed by atoms with van der Waals surface area (Å²) < 4.78 is 1.49. The van der Waals surface area contributed by atoms with Crippen LogP contribution >= 0.6 is 34.8 Å². The SMILES string of the molecule is Nc1c(Cl)cnn1-c1ccc(Cl)c(Cl)c1. The summed E-state index contributed by atoms with van der Waals surface area (Å²) in [5.41, 5.74) is 6.43.